The van der Waals surface area contributed by atoms with Gasteiger partial charge in [-0.3, -0.25) is 14.9 Å². The van der Waals surface area contributed by atoms with Crippen LogP contribution in [0.25, 0.3) is 16.8 Å². The summed E-state index contributed by atoms with van der Waals surface area (Å²) in [5, 5.41) is 19.8. The van der Waals surface area contributed by atoms with E-state index in [1.165, 1.54) is 36.0 Å². The van der Waals surface area contributed by atoms with Crippen LogP contribution < -0.4 is 5.32 Å². The number of halogens is 1. The van der Waals surface area contributed by atoms with Crippen LogP contribution in [0.5, 0.6) is 0 Å². The van der Waals surface area contributed by atoms with E-state index in [0.717, 1.165) is 33.2 Å². The summed E-state index contributed by atoms with van der Waals surface area (Å²) < 4.78 is 1.78. The first kappa shape index (κ1) is 24.7. The zero-order chi connectivity index (χ0) is 25.3. The molecule has 10 heteroatoms. The molecule has 0 atom stereocenters. The quantitative estimate of drug-likeness (QED) is 0.142. The van der Waals surface area contributed by atoms with Gasteiger partial charge in [-0.15, -0.1) is 0 Å². The van der Waals surface area contributed by atoms with E-state index in [-0.39, 0.29) is 22.8 Å². The summed E-state index contributed by atoms with van der Waals surface area (Å²) in [6.45, 7) is 8.21. The molecule has 0 radical (unpaired) electrons. The van der Waals surface area contributed by atoms with Crippen LogP contribution in [0.1, 0.15) is 32.2 Å². The molecule has 0 saturated heterocycles. The lowest BCUT2D eigenvalue weighted by molar-refractivity contribution is -0.384. The van der Waals surface area contributed by atoms with Crippen molar-refractivity contribution >= 4 is 46.3 Å². The van der Waals surface area contributed by atoms with E-state index in [1.54, 1.807) is 4.52 Å². The molecule has 2 aromatic carbocycles. The third kappa shape index (κ3) is 5.47. The lowest BCUT2D eigenvalue weighted by Gasteiger charge is -2.19. The Bertz CT molecular complexity index is 1410. The fourth-order valence-electron chi connectivity index (χ4n) is 3.54. The van der Waals surface area contributed by atoms with Crippen LogP contribution in [0.4, 0.5) is 11.4 Å². The highest BCUT2D eigenvalue weighted by molar-refractivity contribution is 7.99. The van der Waals surface area contributed by atoms with Crippen LogP contribution in [0.2, 0.25) is 5.02 Å². The summed E-state index contributed by atoms with van der Waals surface area (Å²) in [5.74, 6) is -0.0950. The van der Waals surface area contributed by atoms with E-state index in [2.05, 4.69) is 26.1 Å². The van der Waals surface area contributed by atoms with Crippen molar-refractivity contribution in [3.05, 3.63) is 81.1 Å². The molecule has 0 unspecified atom stereocenters. The Morgan fingerprint density at radius 2 is 1.80 bits per heavy atom. The molecular weight excluding hydrogens is 486 g/mol. The zero-order valence-electron chi connectivity index (χ0n) is 19.7. The van der Waals surface area contributed by atoms with Gasteiger partial charge in [0.2, 0.25) is 5.91 Å². The predicted octanol–water partition coefficient (Wildman–Crippen LogP) is 6.29. The topological polar surface area (TPSA) is 102 Å². The number of hydrogen-bond donors (Lipinski definition) is 1. The monoisotopic (exact) mass is 509 g/mol. The number of carbonyl (C=O) groups excluding carboxylic acids is 1. The summed E-state index contributed by atoms with van der Waals surface area (Å²) >= 11 is 7.44. The van der Waals surface area contributed by atoms with E-state index >= 15 is 0 Å². The number of nitro benzene ring substituents is 1. The van der Waals surface area contributed by atoms with Crippen molar-refractivity contribution in [1.82, 2.24) is 14.6 Å². The summed E-state index contributed by atoms with van der Waals surface area (Å²) in [6, 6.07) is 15.3. The highest BCUT2D eigenvalue weighted by Gasteiger charge is 2.23. The fourth-order valence-corrected chi connectivity index (χ4v) is 4.46. The molecule has 4 aromatic rings. The van der Waals surface area contributed by atoms with Crippen molar-refractivity contribution in [2.45, 2.75) is 38.1 Å². The Balaban J connectivity index is 1.65. The van der Waals surface area contributed by atoms with Gasteiger partial charge >= 0.3 is 0 Å². The molecule has 0 aliphatic rings. The first-order valence-electron chi connectivity index (χ1n) is 10.9. The number of thioether (sulfide) groups is 1. The largest absolute Gasteiger partial charge is 0.325 e. The maximum Gasteiger partial charge on any atom is 0.269 e. The highest BCUT2D eigenvalue weighted by Crippen LogP contribution is 2.33. The van der Waals surface area contributed by atoms with E-state index in [1.807, 2.05) is 37.3 Å². The van der Waals surface area contributed by atoms with E-state index in [4.69, 9.17) is 21.7 Å². The van der Waals surface area contributed by atoms with Crippen molar-refractivity contribution in [1.29, 1.82) is 0 Å². The molecule has 1 N–H and O–H groups in total. The molecule has 180 valence electrons. The van der Waals surface area contributed by atoms with Crippen molar-refractivity contribution in [2.75, 3.05) is 11.1 Å². The smallest absolute Gasteiger partial charge is 0.269 e. The molecule has 35 heavy (non-hydrogen) atoms. The minimum Gasteiger partial charge on any atom is -0.325 e. The number of rotatable bonds is 6. The van der Waals surface area contributed by atoms with Crippen LogP contribution in [-0.2, 0) is 10.2 Å². The maximum absolute atomic E-state index is 12.6. The summed E-state index contributed by atoms with van der Waals surface area (Å²) in [5.41, 5.74) is 4.57. The first-order chi connectivity index (χ1) is 16.5. The fraction of sp³-hybridized carbons (Fsp3) is 0.240. The number of anilines is 1. The van der Waals surface area contributed by atoms with Crippen LogP contribution >= 0.6 is 23.4 Å². The number of fused-ring (bicyclic) bond motifs is 1. The first-order valence-corrected chi connectivity index (χ1v) is 12.2. The number of amides is 1. The molecule has 4 rings (SSSR count). The standard InChI is InChI=1S/C25H24ClN5O3S/c1-15-23(16-5-7-17(26)8-6-16)24-28-20(25(2,3)4)13-22(30(24)29-15)35-14-21(32)27-18-9-11-19(12-10-18)31(33)34/h5-13H,14H2,1-4H3,(H,27,32). The molecule has 0 aliphatic carbocycles. The average molecular weight is 510 g/mol. The Hall–Kier alpha value is -3.43. The van der Waals surface area contributed by atoms with Crippen molar-refractivity contribution in [3.63, 3.8) is 0 Å². The SMILES string of the molecule is Cc1nn2c(SCC(=O)Nc3ccc([N+](=O)[O-])cc3)cc(C(C)(C)C)nc2c1-c1ccc(Cl)cc1. The molecule has 0 saturated carbocycles. The summed E-state index contributed by atoms with van der Waals surface area (Å²) in [7, 11) is 0. The highest BCUT2D eigenvalue weighted by atomic mass is 35.5. The molecule has 0 aliphatic heterocycles. The number of nitrogens with zero attached hydrogens (tertiary/aromatic N) is 4. The van der Waals surface area contributed by atoms with Gasteiger partial charge in [-0.2, -0.15) is 5.10 Å². The maximum atomic E-state index is 12.6. The number of hydrogen-bond acceptors (Lipinski definition) is 6. The van der Waals surface area contributed by atoms with Crippen LogP contribution in [0.3, 0.4) is 0 Å². The molecule has 0 fully saturated rings. The van der Waals surface area contributed by atoms with Gasteiger partial charge in [0.25, 0.3) is 5.69 Å². The second-order valence-corrected chi connectivity index (χ2v) is 10.5. The van der Waals surface area contributed by atoms with Gasteiger partial charge < -0.3 is 5.32 Å². The van der Waals surface area contributed by atoms with Gasteiger partial charge in [-0.05, 0) is 42.8 Å². The second-order valence-electron chi connectivity index (χ2n) is 9.07. The zero-order valence-corrected chi connectivity index (χ0v) is 21.3. The van der Waals surface area contributed by atoms with Crippen LogP contribution in [-0.4, -0.2) is 31.2 Å². The normalized spacial score (nSPS) is 11.6. The lowest BCUT2D eigenvalue weighted by Crippen LogP contribution is -2.17. The van der Waals surface area contributed by atoms with E-state index in [0.29, 0.717) is 10.7 Å². The number of carbonyl (C=O) groups is 1. The third-order valence-corrected chi connectivity index (χ3v) is 6.59. The van der Waals surface area contributed by atoms with Crippen molar-refractivity contribution in [3.8, 4) is 11.1 Å². The van der Waals surface area contributed by atoms with Gasteiger partial charge in [-0.25, -0.2) is 9.50 Å². The van der Waals surface area contributed by atoms with Gasteiger partial charge in [0.1, 0.15) is 5.03 Å². The third-order valence-electron chi connectivity index (χ3n) is 5.35. The Morgan fingerprint density at radius 1 is 1.14 bits per heavy atom. The summed E-state index contributed by atoms with van der Waals surface area (Å²) in [6.07, 6.45) is 0. The second kappa shape index (κ2) is 9.67. The van der Waals surface area contributed by atoms with Gasteiger partial charge in [0.05, 0.1) is 22.1 Å². The molecular formula is C25H24ClN5O3S. The minimum atomic E-state index is -0.479. The Morgan fingerprint density at radius 3 is 2.40 bits per heavy atom. The Kier molecular flexibility index (Phi) is 6.82. The molecule has 0 spiro atoms. The number of non-ortho nitro benzene ring substituents is 1. The van der Waals surface area contributed by atoms with Crippen molar-refractivity contribution < 1.29 is 9.72 Å². The molecule has 1 amide bonds. The Labute approximate surface area is 211 Å². The lowest BCUT2D eigenvalue weighted by atomic mass is 9.92. The number of aromatic nitrogens is 3. The van der Waals surface area contributed by atoms with E-state index in [9.17, 15) is 14.9 Å². The van der Waals surface area contributed by atoms with Crippen LogP contribution in [0, 0.1) is 17.0 Å². The molecule has 8 nitrogen and oxygen atoms in total. The number of aryl methyl sites for hydroxylation is 1. The molecule has 0 bridgehead atoms. The van der Waals surface area contributed by atoms with Gasteiger partial charge in [-0.1, -0.05) is 56.3 Å². The average Bonchev–Trinajstić information content (AvgIpc) is 3.13. The molecule has 2 aromatic heterocycles. The van der Waals surface area contributed by atoms with E-state index < -0.39 is 4.92 Å². The number of benzene rings is 2. The van der Waals surface area contributed by atoms with Crippen molar-refractivity contribution in [2.24, 2.45) is 0 Å². The molecule has 2 heterocycles. The van der Waals surface area contributed by atoms with Crippen LogP contribution in [0.15, 0.2) is 59.6 Å². The number of nitrogens with one attached hydrogen (secondary N) is 1. The predicted molar refractivity (Wildman–Crippen MR) is 139 cm³/mol. The number of nitro groups is 1. The van der Waals surface area contributed by atoms with Gasteiger partial charge in [0.15, 0.2) is 5.65 Å². The summed E-state index contributed by atoms with van der Waals surface area (Å²) in [4.78, 5) is 27.9. The minimum absolute atomic E-state index is 0.0307. The van der Waals surface area contributed by atoms with Gasteiger partial charge in [0, 0.05) is 33.8 Å².